The molecule has 0 aromatic rings. The standard InChI is InChI=1S/C5H12N2O/c6-3-5(7)1-2-8-4-5/h1-4,6-7H2. The third-order valence-electron chi connectivity index (χ3n) is 1.54. The van der Waals surface area contributed by atoms with Gasteiger partial charge in [0.2, 0.25) is 0 Å². The normalized spacial score (nSPS) is 38.2. The van der Waals surface area contributed by atoms with Gasteiger partial charge in [-0.1, -0.05) is 0 Å². The molecular formula is C5H12N2O. The van der Waals surface area contributed by atoms with Crippen molar-refractivity contribution in [2.45, 2.75) is 12.0 Å². The molecule has 0 aliphatic carbocycles. The molecule has 0 spiro atoms. The zero-order chi connectivity index (χ0) is 6.04. The Kier molecular flexibility index (Phi) is 1.51. The van der Waals surface area contributed by atoms with Crippen LogP contribution in [0.4, 0.5) is 0 Å². The van der Waals surface area contributed by atoms with Gasteiger partial charge in [0.25, 0.3) is 0 Å². The Morgan fingerprint density at radius 3 is 2.62 bits per heavy atom. The number of hydrogen-bond donors (Lipinski definition) is 2. The second kappa shape index (κ2) is 2.01. The van der Waals surface area contributed by atoms with Crippen LogP contribution in [0.1, 0.15) is 6.42 Å². The summed E-state index contributed by atoms with van der Waals surface area (Å²) in [6.45, 7) is 1.93. The molecule has 1 unspecified atom stereocenters. The Hall–Kier alpha value is -0.120. The number of rotatable bonds is 1. The Labute approximate surface area is 49.0 Å². The lowest BCUT2D eigenvalue weighted by molar-refractivity contribution is 0.179. The first-order valence-electron chi connectivity index (χ1n) is 2.83. The van der Waals surface area contributed by atoms with Gasteiger partial charge in [0, 0.05) is 13.2 Å². The van der Waals surface area contributed by atoms with Gasteiger partial charge in [-0.05, 0) is 6.42 Å². The zero-order valence-corrected chi connectivity index (χ0v) is 4.89. The zero-order valence-electron chi connectivity index (χ0n) is 4.89. The fraction of sp³-hybridized carbons (Fsp3) is 1.00. The molecule has 3 heteroatoms. The Morgan fingerprint density at radius 1 is 1.62 bits per heavy atom. The molecule has 0 bridgehead atoms. The Bertz CT molecular complexity index is 78.5. The van der Waals surface area contributed by atoms with Crippen LogP contribution in [0.3, 0.4) is 0 Å². The van der Waals surface area contributed by atoms with E-state index in [1.54, 1.807) is 0 Å². The molecule has 1 atom stereocenters. The van der Waals surface area contributed by atoms with Gasteiger partial charge >= 0.3 is 0 Å². The molecular weight excluding hydrogens is 104 g/mol. The van der Waals surface area contributed by atoms with Gasteiger partial charge in [0.1, 0.15) is 0 Å². The van der Waals surface area contributed by atoms with E-state index in [9.17, 15) is 0 Å². The number of nitrogens with two attached hydrogens (primary N) is 2. The average Bonchev–Trinajstić information content (AvgIpc) is 2.17. The van der Waals surface area contributed by atoms with E-state index >= 15 is 0 Å². The number of hydrogen-bond acceptors (Lipinski definition) is 3. The summed E-state index contributed by atoms with van der Waals surface area (Å²) in [4.78, 5) is 0. The van der Waals surface area contributed by atoms with E-state index in [-0.39, 0.29) is 5.54 Å². The summed E-state index contributed by atoms with van der Waals surface area (Å²) in [5, 5.41) is 0. The van der Waals surface area contributed by atoms with Crippen LogP contribution >= 0.6 is 0 Å². The first-order valence-corrected chi connectivity index (χ1v) is 2.83. The van der Waals surface area contributed by atoms with Crippen molar-refractivity contribution in [1.82, 2.24) is 0 Å². The minimum absolute atomic E-state index is 0.208. The molecule has 3 nitrogen and oxygen atoms in total. The number of ether oxygens (including phenoxy) is 1. The molecule has 8 heavy (non-hydrogen) atoms. The highest BCUT2D eigenvalue weighted by molar-refractivity contribution is 4.88. The molecule has 0 saturated carbocycles. The molecule has 4 N–H and O–H groups in total. The molecule has 48 valence electrons. The van der Waals surface area contributed by atoms with Crippen molar-refractivity contribution in [2.24, 2.45) is 11.5 Å². The van der Waals surface area contributed by atoms with Crippen LogP contribution in [0.15, 0.2) is 0 Å². The van der Waals surface area contributed by atoms with E-state index in [0.717, 1.165) is 13.0 Å². The fourth-order valence-electron chi connectivity index (χ4n) is 0.784. The van der Waals surface area contributed by atoms with Gasteiger partial charge in [0.15, 0.2) is 0 Å². The van der Waals surface area contributed by atoms with Crippen LogP contribution in [0.25, 0.3) is 0 Å². The van der Waals surface area contributed by atoms with Crippen LogP contribution in [0.2, 0.25) is 0 Å². The molecule has 1 fully saturated rings. The van der Waals surface area contributed by atoms with Gasteiger partial charge in [-0.25, -0.2) is 0 Å². The van der Waals surface area contributed by atoms with Gasteiger partial charge in [0.05, 0.1) is 12.1 Å². The van der Waals surface area contributed by atoms with Gasteiger partial charge < -0.3 is 16.2 Å². The molecule has 0 radical (unpaired) electrons. The van der Waals surface area contributed by atoms with Crippen molar-refractivity contribution in [3.8, 4) is 0 Å². The van der Waals surface area contributed by atoms with Crippen molar-refractivity contribution in [2.75, 3.05) is 19.8 Å². The summed E-state index contributed by atoms with van der Waals surface area (Å²) in [7, 11) is 0. The van der Waals surface area contributed by atoms with Crippen molar-refractivity contribution in [1.29, 1.82) is 0 Å². The summed E-state index contributed by atoms with van der Waals surface area (Å²) in [6.07, 6.45) is 0.906. The molecule has 1 rings (SSSR count). The Morgan fingerprint density at radius 2 is 2.38 bits per heavy atom. The minimum atomic E-state index is -0.208. The lowest BCUT2D eigenvalue weighted by Crippen LogP contribution is -2.47. The lowest BCUT2D eigenvalue weighted by Gasteiger charge is -2.17. The van der Waals surface area contributed by atoms with Gasteiger partial charge in [-0.2, -0.15) is 0 Å². The van der Waals surface area contributed by atoms with E-state index in [1.807, 2.05) is 0 Å². The second-order valence-electron chi connectivity index (χ2n) is 2.37. The molecule has 1 aliphatic heterocycles. The maximum atomic E-state index is 5.71. The Balaban J connectivity index is 2.40. The third kappa shape index (κ3) is 0.992. The molecule has 1 heterocycles. The van der Waals surface area contributed by atoms with Crippen LogP contribution < -0.4 is 11.5 Å². The molecule has 0 amide bonds. The predicted molar refractivity (Wildman–Crippen MR) is 31.4 cm³/mol. The van der Waals surface area contributed by atoms with Crippen molar-refractivity contribution in [3.63, 3.8) is 0 Å². The smallest absolute Gasteiger partial charge is 0.0659 e. The largest absolute Gasteiger partial charge is 0.379 e. The van der Waals surface area contributed by atoms with Gasteiger partial charge in [-0.3, -0.25) is 0 Å². The van der Waals surface area contributed by atoms with Crippen LogP contribution in [0.5, 0.6) is 0 Å². The third-order valence-corrected chi connectivity index (χ3v) is 1.54. The fourth-order valence-corrected chi connectivity index (χ4v) is 0.784. The first-order chi connectivity index (χ1) is 3.77. The van der Waals surface area contributed by atoms with E-state index in [2.05, 4.69) is 0 Å². The van der Waals surface area contributed by atoms with Crippen LogP contribution in [0, 0.1) is 0 Å². The highest BCUT2D eigenvalue weighted by Crippen LogP contribution is 2.12. The summed E-state index contributed by atoms with van der Waals surface area (Å²) in [6, 6.07) is 0. The van der Waals surface area contributed by atoms with E-state index < -0.39 is 0 Å². The van der Waals surface area contributed by atoms with E-state index in [0.29, 0.717) is 13.2 Å². The summed E-state index contributed by atoms with van der Waals surface area (Å²) in [5.41, 5.74) is 10.9. The predicted octanol–water partition coefficient (Wildman–Crippen LogP) is -0.937. The highest BCUT2D eigenvalue weighted by atomic mass is 16.5. The van der Waals surface area contributed by atoms with Gasteiger partial charge in [-0.15, -0.1) is 0 Å². The monoisotopic (exact) mass is 116 g/mol. The molecule has 0 aromatic heterocycles. The second-order valence-corrected chi connectivity index (χ2v) is 2.37. The van der Waals surface area contributed by atoms with Crippen molar-refractivity contribution in [3.05, 3.63) is 0 Å². The lowest BCUT2D eigenvalue weighted by atomic mass is 10.0. The van der Waals surface area contributed by atoms with Crippen molar-refractivity contribution >= 4 is 0 Å². The topological polar surface area (TPSA) is 61.3 Å². The molecule has 0 aromatic carbocycles. The first kappa shape index (κ1) is 6.01. The summed E-state index contributed by atoms with van der Waals surface area (Å²) >= 11 is 0. The van der Waals surface area contributed by atoms with Crippen LogP contribution in [-0.4, -0.2) is 25.3 Å². The average molecular weight is 116 g/mol. The maximum Gasteiger partial charge on any atom is 0.0659 e. The minimum Gasteiger partial charge on any atom is -0.379 e. The quantitative estimate of drug-likeness (QED) is 0.465. The molecule has 1 saturated heterocycles. The summed E-state index contributed by atoms with van der Waals surface area (Å²) in [5.74, 6) is 0. The summed E-state index contributed by atoms with van der Waals surface area (Å²) < 4.78 is 5.05. The van der Waals surface area contributed by atoms with E-state index in [1.165, 1.54) is 0 Å². The highest BCUT2D eigenvalue weighted by Gasteiger charge is 2.28. The van der Waals surface area contributed by atoms with E-state index in [4.69, 9.17) is 16.2 Å². The van der Waals surface area contributed by atoms with Crippen molar-refractivity contribution < 1.29 is 4.74 Å². The SMILES string of the molecule is NCC1(N)CCOC1. The van der Waals surface area contributed by atoms with Crippen LogP contribution in [-0.2, 0) is 4.74 Å². The molecule has 1 aliphatic rings. The maximum absolute atomic E-state index is 5.71.